The molecule has 98 valence electrons. The van der Waals surface area contributed by atoms with Gasteiger partial charge < -0.3 is 0 Å². The fourth-order valence-corrected chi connectivity index (χ4v) is 3.46. The van der Waals surface area contributed by atoms with Crippen molar-refractivity contribution in [3.05, 3.63) is 43.5 Å². The molecule has 0 bridgehead atoms. The molecule has 1 aromatic carbocycles. The van der Waals surface area contributed by atoms with Gasteiger partial charge in [0.05, 0.1) is 6.04 Å². The quantitative estimate of drug-likeness (QED) is 0.328. The summed E-state index contributed by atoms with van der Waals surface area (Å²) < 4.78 is 2.36. The first-order valence-electron chi connectivity index (χ1n) is 6.32. The van der Waals surface area contributed by atoms with Crippen molar-refractivity contribution in [3.8, 4) is 0 Å². The standard InChI is InChI=1S/C14H18BrIN2/c15-11-7-8-13(16)12(9-11)14(18-17)10-5-3-1-2-4-6-10/h5,7-9,14,18H,1-4,6,17H2. The summed E-state index contributed by atoms with van der Waals surface area (Å²) in [6.45, 7) is 0. The van der Waals surface area contributed by atoms with E-state index < -0.39 is 0 Å². The van der Waals surface area contributed by atoms with E-state index in [9.17, 15) is 0 Å². The van der Waals surface area contributed by atoms with Crippen LogP contribution in [0.15, 0.2) is 34.3 Å². The third-order valence-corrected chi connectivity index (χ3v) is 4.86. The maximum Gasteiger partial charge on any atom is 0.0680 e. The van der Waals surface area contributed by atoms with Gasteiger partial charge in [0, 0.05) is 8.04 Å². The first-order chi connectivity index (χ1) is 8.72. The molecule has 0 saturated carbocycles. The summed E-state index contributed by atoms with van der Waals surface area (Å²) in [6.07, 6.45) is 8.60. The molecule has 2 rings (SSSR count). The van der Waals surface area contributed by atoms with Gasteiger partial charge in [0.1, 0.15) is 0 Å². The number of benzene rings is 1. The van der Waals surface area contributed by atoms with E-state index in [2.05, 4.69) is 68.2 Å². The molecule has 1 atom stereocenters. The van der Waals surface area contributed by atoms with E-state index in [4.69, 9.17) is 5.84 Å². The summed E-state index contributed by atoms with van der Waals surface area (Å²) in [5, 5.41) is 0. The van der Waals surface area contributed by atoms with Crippen LogP contribution in [-0.4, -0.2) is 0 Å². The molecule has 1 aliphatic rings. The highest BCUT2D eigenvalue weighted by molar-refractivity contribution is 14.1. The summed E-state index contributed by atoms with van der Waals surface area (Å²) in [5.41, 5.74) is 5.69. The number of hydrogen-bond donors (Lipinski definition) is 2. The van der Waals surface area contributed by atoms with Gasteiger partial charge in [0.2, 0.25) is 0 Å². The smallest absolute Gasteiger partial charge is 0.0680 e. The number of rotatable bonds is 3. The molecule has 0 amide bonds. The molecule has 1 aromatic rings. The van der Waals surface area contributed by atoms with Gasteiger partial charge in [-0.15, -0.1) is 0 Å². The topological polar surface area (TPSA) is 38.0 Å². The van der Waals surface area contributed by atoms with Crippen molar-refractivity contribution in [2.45, 2.75) is 38.1 Å². The van der Waals surface area contributed by atoms with Gasteiger partial charge in [0.15, 0.2) is 0 Å². The Morgan fingerprint density at radius 3 is 2.89 bits per heavy atom. The largest absolute Gasteiger partial charge is 0.271 e. The lowest BCUT2D eigenvalue weighted by Crippen LogP contribution is -2.30. The summed E-state index contributed by atoms with van der Waals surface area (Å²) in [4.78, 5) is 0. The number of nitrogens with two attached hydrogens (primary N) is 1. The van der Waals surface area contributed by atoms with Gasteiger partial charge in [-0.05, 0) is 72.0 Å². The van der Waals surface area contributed by atoms with Crippen LogP contribution in [0, 0.1) is 3.57 Å². The molecule has 0 spiro atoms. The molecule has 0 aromatic heterocycles. The van der Waals surface area contributed by atoms with Crippen molar-refractivity contribution in [1.29, 1.82) is 0 Å². The molecule has 4 heteroatoms. The van der Waals surface area contributed by atoms with E-state index in [0.717, 1.165) is 10.9 Å². The lowest BCUT2D eigenvalue weighted by Gasteiger charge is -2.21. The Bertz CT molecular complexity index is 445. The van der Waals surface area contributed by atoms with Crippen LogP contribution >= 0.6 is 38.5 Å². The second-order valence-corrected chi connectivity index (χ2v) is 6.72. The normalized spacial score (nSPS) is 18.1. The van der Waals surface area contributed by atoms with Crippen molar-refractivity contribution in [3.63, 3.8) is 0 Å². The lowest BCUT2D eigenvalue weighted by molar-refractivity contribution is 0.590. The predicted molar refractivity (Wildman–Crippen MR) is 88.1 cm³/mol. The Morgan fingerprint density at radius 2 is 2.11 bits per heavy atom. The molecule has 0 fully saturated rings. The van der Waals surface area contributed by atoms with E-state index in [-0.39, 0.29) is 6.04 Å². The highest BCUT2D eigenvalue weighted by Gasteiger charge is 2.18. The van der Waals surface area contributed by atoms with E-state index in [1.165, 1.54) is 40.4 Å². The zero-order valence-electron chi connectivity index (χ0n) is 10.3. The van der Waals surface area contributed by atoms with Crippen LogP contribution in [0.25, 0.3) is 0 Å². The van der Waals surface area contributed by atoms with E-state index >= 15 is 0 Å². The van der Waals surface area contributed by atoms with Crippen LogP contribution in [-0.2, 0) is 0 Å². The maximum atomic E-state index is 5.80. The van der Waals surface area contributed by atoms with E-state index in [1.807, 2.05) is 0 Å². The zero-order valence-corrected chi connectivity index (χ0v) is 14.0. The Morgan fingerprint density at radius 1 is 1.28 bits per heavy atom. The SMILES string of the molecule is NNC(C1=CCCCCC1)c1cc(Br)ccc1I. The molecule has 2 nitrogen and oxygen atoms in total. The first kappa shape index (κ1) is 14.5. The molecule has 0 radical (unpaired) electrons. The minimum Gasteiger partial charge on any atom is -0.271 e. The fraction of sp³-hybridized carbons (Fsp3) is 0.429. The molecular weight excluding hydrogens is 403 g/mol. The maximum absolute atomic E-state index is 5.80. The molecule has 1 unspecified atom stereocenters. The van der Waals surface area contributed by atoms with E-state index in [0.29, 0.717) is 0 Å². The molecule has 0 heterocycles. The molecule has 18 heavy (non-hydrogen) atoms. The molecule has 1 aliphatic carbocycles. The van der Waals surface area contributed by atoms with Crippen molar-refractivity contribution < 1.29 is 0 Å². The van der Waals surface area contributed by atoms with Crippen molar-refractivity contribution >= 4 is 38.5 Å². The summed E-state index contributed by atoms with van der Waals surface area (Å²) in [7, 11) is 0. The van der Waals surface area contributed by atoms with Gasteiger partial charge >= 0.3 is 0 Å². The molecule has 3 N–H and O–H groups in total. The molecular formula is C14H18BrIN2. The third-order valence-electron chi connectivity index (χ3n) is 3.38. The van der Waals surface area contributed by atoms with Crippen molar-refractivity contribution in [2.24, 2.45) is 5.84 Å². The average molecular weight is 421 g/mol. The van der Waals surface area contributed by atoms with Crippen molar-refractivity contribution in [1.82, 2.24) is 5.43 Å². The number of nitrogens with one attached hydrogen (secondary N) is 1. The van der Waals surface area contributed by atoms with Crippen LogP contribution in [0.3, 0.4) is 0 Å². The number of halogens is 2. The Kier molecular flexibility index (Phi) is 5.66. The van der Waals surface area contributed by atoms with Gasteiger partial charge in [-0.25, -0.2) is 5.43 Å². The second kappa shape index (κ2) is 7.03. The molecule has 0 aliphatic heterocycles. The van der Waals surface area contributed by atoms with Gasteiger partial charge in [-0.1, -0.05) is 34.0 Å². The highest BCUT2D eigenvalue weighted by atomic mass is 127. The summed E-state index contributed by atoms with van der Waals surface area (Å²) >= 11 is 5.92. The minimum absolute atomic E-state index is 0.146. The number of allylic oxidation sites excluding steroid dienone is 1. The Hall–Kier alpha value is 0.0900. The first-order valence-corrected chi connectivity index (χ1v) is 8.19. The molecule has 0 saturated heterocycles. The van der Waals surface area contributed by atoms with Crippen LogP contribution in [0.1, 0.15) is 43.7 Å². The number of hydrazine groups is 1. The third kappa shape index (κ3) is 3.56. The fourth-order valence-electron chi connectivity index (χ4n) is 2.43. The zero-order chi connectivity index (χ0) is 13.0. The van der Waals surface area contributed by atoms with Crippen LogP contribution in [0.2, 0.25) is 0 Å². The number of hydrogen-bond acceptors (Lipinski definition) is 2. The average Bonchev–Trinajstić information content (AvgIpc) is 2.64. The minimum atomic E-state index is 0.146. The van der Waals surface area contributed by atoms with Gasteiger partial charge in [0.25, 0.3) is 0 Å². The highest BCUT2D eigenvalue weighted by Crippen LogP contribution is 2.32. The Labute approximate surface area is 131 Å². The predicted octanol–water partition coefficient (Wildman–Crippen LogP) is 4.45. The van der Waals surface area contributed by atoms with Crippen LogP contribution in [0.5, 0.6) is 0 Å². The Balaban J connectivity index is 2.32. The lowest BCUT2D eigenvalue weighted by atomic mass is 9.96. The summed E-state index contributed by atoms with van der Waals surface area (Å²) in [6, 6.07) is 6.51. The second-order valence-electron chi connectivity index (χ2n) is 4.64. The van der Waals surface area contributed by atoms with E-state index in [1.54, 1.807) is 0 Å². The monoisotopic (exact) mass is 420 g/mol. The van der Waals surface area contributed by atoms with Gasteiger partial charge in [-0.2, -0.15) is 0 Å². The summed E-state index contributed by atoms with van der Waals surface area (Å²) in [5.74, 6) is 5.80. The van der Waals surface area contributed by atoms with Crippen molar-refractivity contribution in [2.75, 3.05) is 0 Å². The van der Waals surface area contributed by atoms with Crippen LogP contribution < -0.4 is 11.3 Å². The van der Waals surface area contributed by atoms with Gasteiger partial charge in [-0.3, -0.25) is 5.84 Å². The van der Waals surface area contributed by atoms with Crippen LogP contribution in [0.4, 0.5) is 0 Å².